The maximum atomic E-state index is 13.6. The molecule has 20 heavy (non-hydrogen) atoms. The smallest absolute Gasteiger partial charge is 0.224 e. The lowest BCUT2D eigenvalue weighted by molar-refractivity contribution is 0.273. The minimum absolute atomic E-state index is 0.151. The van der Waals surface area contributed by atoms with Crippen molar-refractivity contribution in [2.24, 2.45) is 0 Å². The summed E-state index contributed by atoms with van der Waals surface area (Å²) in [5.74, 6) is -2.56. The third-order valence-electron chi connectivity index (χ3n) is 2.54. The van der Waals surface area contributed by atoms with E-state index in [0.717, 1.165) is 24.4 Å². The minimum atomic E-state index is -1.08. The number of nitrogens with one attached hydrogen (secondary N) is 1. The minimum Gasteiger partial charge on any atom is -0.394 e. The van der Waals surface area contributed by atoms with Crippen molar-refractivity contribution in [3.63, 3.8) is 0 Å². The molecule has 0 aliphatic heterocycles. The number of rotatable bonds is 4. The van der Waals surface area contributed by atoms with Crippen molar-refractivity contribution >= 4 is 17.4 Å². The lowest BCUT2D eigenvalue weighted by atomic mass is 10.1. The summed E-state index contributed by atoms with van der Waals surface area (Å²) < 4.78 is 40.2. The topological polar surface area (TPSA) is 58.0 Å². The van der Waals surface area contributed by atoms with Crippen LogP contribution in [0, 0.1) is 17.5 Å². The zero-order valence-electron chi connectivity index (χ0n) is 9.95. The fourth-order valence-electron chi connectivity index (χ4n) is 1.62. The summed E-state index contributed by atoms with van der Waals surface area (Å²) >= 11 is 5.52. The molecular weight excluding hydrogens is 295 g/mol. The maximum absolute atomic E-state index is 13.6. The molecule has 1 atom stereocenters. The number of hydrogen-bond acceptors (Lipinski definition) is 4. The molecule has 1 heterocycles. The van der Waals surface area contributed by atoms with Gasteiger partial charge in [-0.05, 0) is 29.8 Å². The van der Waals surface area contributed by atoms with E-state index in [0.29, 0.717) is 0 Å². The molecule has 0 amide bonds. The first-order valence-corrected chi connectivity index (χ1v) is 5.89. The molecule has 0 aliphatic rings. The third kappa shape index (κ3) is 3.17. The first-order valence-electron chi connectivity index (χ1n) is 5.51. The summed E-state index contributed by atoms with van der Waals surface area (Å²) in [6, 6.07) is 1.68. The summed E-state index contributed by atoms with van der Waals surface area (Å²) in [6.45, 7) is -0.596. The van der Waals surface area contributed by atoms with E-state index in [1.807, 2.05) is 0 Å². The van der Waals surface area contributed by atoms with Gasteiger partial charge in [0.05, 0.1) is 18.8 Å². The molecule has 0 aliphatic carbocycles. The number of aromatic nitrogens is 2. The number of benzene rings is 1. The van der Waals surface area contributed by atoms with Crippen LogP contribution in [0.1, 0.15) is 11.6 Å². The summed E-state index contributed by atoms with van der Waals surface area (Å²) in [5, 5.41) is 11.5. The molecule has 0 saturated carbocycles. The fraction of sp³-hybridized carbons (Fsp3) is 0.167. The van der Waals surface area contributed by atoms with Crippen LogP contribution in [0.3, 0.4) is 0 Å². The van der Waals surface area contributed by atoms with Crippen LogP contribution in [0.2, 0.25) is 5.28 Å². The predicted octanol–water partition coefficient (Wildman–Crippen LogP) is 2.69. The van der Waals surface area contributed by atoms with Gasteiger partial charge in [-0.15, -0.1) is 0 Å². The Balaban J connectivity index is 2.33. The van der Waals surface area contributed by atoms with Gasteiger partial charge in [-0.1, -0.05) is 0 Å². The second-order valence-corrected chi connectivity index (χ2v) is 4.22. The second kappa shape index (κ2) is 6.06. The van der Waals surface area contributed by atoms with Gasteiger partial charge in [0.15, 0.2) is 11.6 Å². The highest BCUT2D eigenvalue weighted by atomic mass is 35.5. The Bertz CT molecular complexity index is 627. The largest absolute Gasteiger partial charge is 0.394 e. The average molecular weight is 304 g/mol. The Morgan fingerprint density at radius 1 is 1.25 bits per heavy atom. The van der Waals surface area contributed by atoms with E-state index in [9.17, 15) is 18.3 Å². The van der Waals surface area contributed by atoms with Gasteiger partial charge >= 0.3 is 0 Å². The molecule has 2 rings (SSSR count). The number of anilines is 1. The Morgan fingerprint density at radius 3 is 2.70 bits per heavy atom. The lowest BCUT2D eigenvalue weighted by Crippen LogP contribution is -2.18. The standard InChI is InChI=1S/C12H9ClF3N3O/c13-12-17-4-9(16)11(19-12)18-10(5-20)7-3-6(14)1-2-8(7)15/h1-4,10,20H,5H2,(H,17,18,19). The highest BCUT2D eigenvalue weighted by Gasteiger charge is 2.18. The molecule has 106 valence electrons. The summed E-state index contributed by atoms with van der Waals surface area (Å²) in [7, 11) is 0. The molecule has 1 aromatic heterocycles. The summed E-state index contributed by atoms with van der Waals surface area (Å²) in [4.78, 5) is 7.00. The van der Waals surface area contributed by atoms with E-state index in [-0.39, 0.29) is 16.7 Å². The van der Waals surface area contributed by atoms with Gasteiger partial charge in [-0.3, -0.25) is 0 Å². The van der Waals surface area contributed by atoms with E-state index >= 15 is 0 Å². The molecule has 8 heteroatoms. The Kier molecular flexibility index (Phi) is 4.41. The number of aliphatic hydroxyl groups excluding tert-OH is 1. The molecule has 0 saturated heterocycles. The number of halogens is 4. The molecule has 0 radical (unpaired) electrons. The van der Waals surface area contributed by atoms with E-state index in [1.165, 1.54) is 0 Å². The van der Waals surface area contributed by atoms with Crippen molar-refractivity contribution in [2.75, 3.05) is 11.9 Å². The quantitative estimate of drug-likeness (QED) is 0.853. The molecular formula is C12H9ClF3N3O. The Morgan fingerprint density at radius 2 is 2.00 bits per heavy atom. The van der Waals surface area contributed by atoms with E-state index in [2.05, 4.69) is 15.3 Å². The van der Waals surface area contributed by atoms with Crippen molar-refractivity contribution in [1.29, 1.82) is 0 Å². The van der Waals surface area contributed by atoms with Gasteiger partial charge in [0.2, 0.25) is 5.28 Å². The third-order valence-corrected chi connectivity index (χ3v) is 2.72. The van der Waals surface area contributed by atoms with E-state index < -0.39 is 30.1 Å². The van der Waals surface area contributed by atoms with Crippen molar-refractivity contribution in [3.05, 3.63) is 52.7 Å². The molecule has 4 nitrogen and oxygen atoms in total. The van der Waals surface area contributed by atoms with Crippen LogP contribution in [-0.4, -0.2) is 21.7 Å². The highest BCUT2D eigenvalue weighted by Crippen LogP contribution is 2.23. The summed E-state index contributed by atoms with van der Waals surface area (Å²) in [5.41, 5.74) is -0.151. The molecule has 0 fully saturated rings. The zero-order valence-corrected chi connectivity index (χ0v) is 10.7. The predicted molar refractivity (Wildman–Crippen MR) is 66.8 cm³/mol. The number of aliphatic hydroxyl groups is 1. The monoisotopic (exact) mass is 303 g/mol. The van der Waals surface area contributed by atoms with Crippen LogP contribution in [0.4, 0.5) is 19.0 Å². The van der Waals surface area contributed by atoms with E-state index in [1.54, 1.807) is 0 Å². The van der Waals surface area contributed by atoms with Gasteiger partial charge in [-0.25, -0.2) is 18.2 Å². The Hall–Kier alpha value is -1.86. The molecule has 2 N–H and O–H groups in total. The van der Waals surface area contributed by atoms with Gasteiger partial charge in [-0.2, -0.15) is 4.98 Å². The van der Waals surface area contributed by atoms with Gasteiger partial charge in [0, 0.05) is 5.56 Å². The normalized spacial score (nSPS) is 12.2. The fourth-order valence-corrected chi connectivity index (χ4v) is 1.75. The highest BCUT2D eigenvalue weighted by molar-refractivity contribution is 6.28. The van der Waals surface area contributed by atoms with Crippen molar-refractivity contribution in [1.82, 2.24) is 9.97 Å². The molecule has 1 aromatic carbocycles. The van der Waals surface area contributed by atoms with Crippen molar-refractivity contribution in [2.45, 2.75) is 6.04 Å². The first-order chi connectivity index (χ1) is 9.51. The average Bonchev–Trinajstić information content (AvgIpc) is 2.42. The molecule has 0 bridgehead atoms. The molecule has 1 unspecified atom stereocenters. The second-order valence-electron chi connectivity index (χ2n) is 3.88. The van der Waals surface area contributed by atoms with Crippen LogP contribution >= 0.6 is 11.6 Å². The molecule has 0 spiro atoms. The lowest BCUT2D eigenvalue weighted by Gasteiger charge is -2.18. The maximum Gasteiger partial charge on any atom is 0.224 e. The van der Waals surface area contributed by atoms with Crippen LogP contribution in [-0.2, 0) is 0 Å². The SMILES string of the molecule is OCC(Nc1nc(Cl)ncc1F)c1cc(F)ccc1F. The number of nitrogens with zero attached hydrogens (tertiary/aromatic N) is 2. The zero-order chi connectivity index (χ0) is 14.7. The van der Waals surface area contributed by atoms with Crippen LogP contribution in [0.5, 0.6) is 0 Å². The van der Waals surface area contributed by atoms with Crippen LogP contribution in [0.25, 0.3) is 0 Å². The summed E-state index contributed by atoms with van der Waals surface area (Å²) in [6.07, 6.45) is 0.827. The van der Waals surface area contributed by atoms with Crippen LogP contribution < -0.4 is 5.32 Å². The van der Waals surface area contributed by atoms with Gasteiger partial charge in [0.25, 0.3) is 0 Å². The number of hydrogen-bond donors (Lipinski definition) is 2. The van der Waals surface area contributed by atoms with Gasteiger partial charge < -0.3 is 10.4 Å². The van der Waals surface area contributed by atoms with Crippen LogP contribution in [0.15, 0.2) is 24.4 Å². The van der Waals surface area contributed by atoms with E-state index in [4.69, 9.17) is 11.6 Å². The van der Waals surface area contributed by atoms with Crippen molar-refractivity contribution in [3.8, 4) is 0 Å². The molecule has 2 aromatic rings. The van der Waals surface area contributed by atoms with Gasteiger partial charge in [0.1, 0.15) is 11.6 Å². The van der Waals surface area contributed by atoms with Crippen molar-refractivity contribution < 1.29 is 18.3 Å². The Labute approximate surface area is 117 Å². The first kappa shape index (κ1) is 14.5.